The van der Waals surface area contributed by atoms with Gasteiger partial charge in [0.05, 0.1) is 34.9 Å². The predicted molar refractivity (Wildman–Crippen MR) is 115 cm³/mol. The van der Waals surface area contributed by atoms with Gasteiger partial charge in [-0.15, -0.1) is 0 Å². The minimum atomic E-state index is -0.818. The van der Waals surface area contributed by atoms with Gasteiger partial charge in [-0.05, 0) is 48.9 Å². The average molecular weight is 450 g/mol. The Balaban J connectivity index is 2.12. The maximum absolute atomic E-state index is 12.9. The Hall–Kier alpha value is -2.54. The number of rotatable bonds is 7. The van der Waals surface area contributed by atoms with Gasteiger partial charge in [0.15, 0.2) is 0 Å². The van der Waals surface area contributed by atoms with Gasteiger partial charge < -0.3 is 19.5 Å². The summed E-state index contributed by atoms with van der Waals surface area (Å²) in [6, 6.07) is 10.7. The van der Waals surface area contributed by atoms with Crippen molar-refractivity contribution in [1.29, 1.82) is 0 Å². The zero-order valence-electron chi connectivity index (χ0n) is 16.5. The van der Waals surface area contributed by atoms with E-state index in [1.807, 2.05) is 6.92 Å². The van der Waals surface area contributed by atoms with Gasteiger partial charge >= 0.3 is 0 Å². The van der Waals surface area contributed by atoms with Gasteiger partial charge in [-0.2, -0.15) is 0 Å². The standard InChI is InChI=1S/C22H21Cl2NO5/c1-3-30-15-7-4-13(5-8-15)20(26)18-19(14-6-9-16(23)17(24)12-14)25(10-11-29-2)22(28)21(18)27/h4-9,12,19,26H,3,10-11H2,1-2H3/t19-/m0/s1. The minimum Gasteiger partial charge on any atom is -0.507 e. The smallest absolute Gasteiger partial charge is 0.295 e. The van der Waals surface area contributed by atoms with Crippen molar-refractivity contribution >= 4 is 40.7 Å². The molecule has 1 saturated heterocycles. The molecule has 1 fully saturated rings. The van der Waals surface area contributed by atoms with E-state index in [1.165, 1.54) is 12.0 Å². The van der Waals surface area contributed by atoms with Crippen LogP contribution < -0.4 is 4.74 Å². The summed E-state index contributed by atoms with van der Waals surface area (Å²) in [4.78, 5) is 27.0. The van der Waals surface area contributed by atoms with Crippen molar-refractivity contribution in [2.24, 2.45) is 0 Å². The molecule has 1 aliphatic heterocycles. The lowest BCUT2D eigenvalue weighted by Gasteiger charge is -2.25. The number of carbonyl (C=O) groups is 2. The number of Topliss-reactive ketones (excluding diaryl/α,β-unsaturated/α-hetero) is 1. The lowest BCUT2D eigenvalue weighted by atomic mass is 9.95. The van der Waals surface area contributed by atoms with E-state index in [0.717, 1.165) is 0 Å². The van der Waals surface area contributed by atoms with Gasteiger partial charge in [0.1, 0.15) is 11.5 Å². The minimum absolute atomic E-state index is 0.0151. The van der Waals surface area contributed by atoms with Gasteiger partial charge in [0.25, 0.3) is 11.7 Å². The van der Waals surface area contributed by atoms with E-state index in [1.54, 1.807) is 42.5 Å². The third-order valence-electron chi connectivity index (χ3n) is 4.77. The van der Waals surface area contributed by atoms with Crippen LogP contribution in [0, 0.1) is 0 Å². The topological polar surface area (TPSA) is 76.1 Å². The number of aliphatic hydroxyl groups is 1. The van der Waals surface area contributed by atoms with Gasteiger partial charge in [-0.25, -0.2) is 0 Å². The summed E-state index contributed by atoms with van der Waals surface area (Å²) >= 11 is 12.2. The van der Waals surface area contributed by atoms with E-state index in [4.69, 9.17) is 32.7 Å². The first-order chi connectivity index (χ1) is 14.4. The summed E-state index contributed by atoms with van der Waals surface area (Å²) in [7, 11) is 1.50. The van der Waals surface area contributed by atoms with E-state index in [0.29, 0.717) is 28.5 Å². The Morgan fingerprint density at radius 1 is 1.10 bits per heavy atom. The zero-order chi connectivity index (χ0) is 21.8. The molecule has 8 heteroatoms. The highest BCUT2D eigenvalue weighted by atomic mass is 35.5. The van der Waals surface area contributed by atoms with Gasteiger partial charge in [-0.3, -0.25) is 9.59 Å². The summed E-state index contributed by atoms with van der Waals surface area (Å²) in [6.07, 6.45) is 0. The van der Waals surface area contributed by atoms with Crippen molar-refractivity contribution in [3.63, 3.8) is 0 Å². The SMILES string of the molecule is CCOc1ccc(C(O)=C2C(=O)C(=O)N(CCOC)[C@H]2c2ccc(Cl)c(Cl)c2)cc1. The molecule has 1 aliphatic rings. The third kappa shape index (κ3) is 4.31. The number of amides is 1. The van der Waals surface area contributed by atoms with Gasteiger partial charge in [-0.1, -0.05) is 29.3 Å². The molecule has 0 aliphatic carbocycles. The molecule has 0 aromatic heterocycles. The van der Waals surface area contributed by atoms with Crippen molar-refractivity contribution in [2.75, 3.05) is 26.9 Å². The molecule has 3 rings (SSSR count). The van der Waals surface area contributed by atoms with E-state index in [9.17, 15) is 14.7 Å². The van der Waals surface area contributed by atoms with Crippen molar-refractivity contribution in [2.45, 2.75) is 13.0 Å². The Labute approximate surface area is 184 Å². The van der Waals surface area contributed by atoms with Crippen LogP contribution in [-0.2, 0) is 14.3 Å². The summed E-state index contributed by atoms with van der Waals surface area (Å²) in [5, 5.41) is 11.6. The summed E-state index contributed by atoms with van der Waals surface area (Å²) in [5.41, 5.74) is 0.944. The molecule has 6 nitrogen and oxygen atoms in total. The fourth-order valence-corrected chi connectivity index (χ4v) is 3.67. The molecular weight excluding hydrogens is 429 g/mol. The van der Waals surface area contributed by atoms with Crippen LogP contribution in [0.4, 0.5) is 0 Å². The fraction of sp³-hybridized carbons (Fsp3) is 0.273. The Morgan fingerprint density at radius 3 is 2.40 bits per heavy atom. The van der Waals surface area contributed by atoms with Crippen molar-refractivity contribution < 1.29 is 24.2 Å². The largest absolute Gasteiger partial charge is 0.507 e. The van der Waals surface area contributed by atoms with Gasteiger partial charge in [0.2, 0.25) is 0 Å². The van der Waals surface area contributed by atoms with Crippen LogP contribution in [0.5, 0.6) is 5.75 Å². The molecule has 30 heavy (non-hydrogen) atoms. The van der Waals surface area contributed by atoms with Crippen molar-refractivity contribution in [3.05, 3.63) is 69.2 Å². The van der Waals surface area contributed by atoms with Crippen molar-refractivity contribution in [1.82, 2.24) is 4.90 Å². The monoisotopic (exact) mass is 449 g/mol. The molecular formula is C22H21Cl2NO5. The maximum atomic E-state index is 12.9. The van der Waals surface area contributed by atoms with Crippen LogP contribution in [0.1, 0.15) is 24.1 Å². The molecule has 0 spiro atoms. The van der Waals surface area contributed by atoms with Crippen LogP contribution in [0.2, 0.25) is 10.0 Å². The molecule has 1 N–H and O–H groups in total. The number of hydrogen-bond donors (Lipinski definition) is 1. The molecule has 0 saturated carbocycles. The number of ether oxygens (including phenoxy) is 2. The molecule has 2 aromatic carbocycles. The van der Waals surface area contributed by atoms with Crippen molar-refractivity contribution in [3.8, 4) is 5.75 Å². The number of benzene rings is 2. The van der Waals surface area contributed by atoms with E-state index >= 15 is 0 Å². The Morgan fingerprint density at radius 2 is 1.80 bits per heavy atom. The summed E-state index contributed by atoms with van der Waals surface area (Å²) in [5.74, 6) is -1.12. The zero-order valence-corrected chi connectivity index (χ0v) is 18.0. The molecule has 1 atom stereocenters. The third-order valence-corrected chi connectivity index (χ3v) is 5.51. The summed E-state index contributed by atoms with van der Waals surface area (Å²) < 4.78 is 10.5. The van der Waals surface area contributed by atoms with E-state index in [-0.39, 0.29) is 29.5 Å². The Bertz CT molecular complexity index is 988. The molecule has 0 bridgehead atoms. The highest BCUT2D eigenvalue weighted by Crippen LogP contribution is 2.40. The molecule has 0 unspecified atom stereocenters. The molecule has 0 radical (unpaired) electrons. The van der Waals surface area contributed by atoms with E-state index in [2.05, 4.69) is 0 Å². The molecule has 158 valence electrons. The highest BCUT2D eigenvalue weighted by Gasteiger charge is 2.46. The number of aliphatic hydroxyl groups excluding tert-OH is 1. The van der Waals surface area contributed by atoms with E-state index < -0.39 is 17.7 Å². The molecule has 2 aromatic rings. The summed E-state index contributed by atoms with van der Waals surface area (Å²) in [6.45, 7) is 2.78. The van der Waals surface area contributed by atoms with Crippen LogP contribution in [-0.4, -0.2) is 48.6 Å². The van der Waals surface area contributed by atoms with Crippen LogP contribution in [0.15, 0.2) is 48.0 Å². The fourth-order valence-electron chi connectivity index (χ4n) is 3.36. The first kappa shape index (κ1) is 22.2. The van der Waals surface area contributed by atoms with Crippen LogP contribution in [0.3, 0.4) is 0 Å². The first-order valence-corrected chi connectivity index (χ1v) is 10.1. The number of hydrogen-bond acceptors (Lipinski definition) is 5. The number of likely N-dealkylation sites (tertiary alicyclic amines) is 1. The highest BCUT2D eigenvalue weighted by molar-refractivity contribution is 6.46. The predicted octanol–water partition coefficient (Wildman–Crippen LogP) is 4.46. The quantitative estimate of drug-likeness (QED) is 0.383. The molecule has 1 heterocycles. The van der Waals surface area contributed by atoms with Crippen LogP contribution in [0.25, 0.3) is 5.76 Å². The van der Waals surface area contributed by atoms with Gasteiger partial charge in [0, 0.05) is 19.2 Å². The number of halogens is 2. The average Bonchev–Trinajstić information content (AvgIpc) is 2.99. The number of carbonyl (C=O) groups excluding carboxylic acids is 2. The number of nitrogens with zero attached hydrogens (tertiary/aromatic N) is 1. The molecule has 1 amide bonds. The lowest BCUT2D eigenvalue weighted by Crippen LogP contribution is -2.32. The normalized spacial score (nSPS) is 18.1. The number of methoxy groups -OCH3 is 1. The second kappa shape index (κ2) is 9.51. The maximum Gasteiger partial charge on any atom is 0.295 e. The second-order valence-corrected chi connectivity index (χ2v) is 7.43. The number of ketones is 1. The second-order valence-electron chi connectivity index (χ2n) is 6.62. The lowest BCUT2D eigenvalue weighted by molar-refractivity contribution is -0.140. The van der Waals surface area contributed by atoms with Crippen LogP contribution >= 0.6 is 23.2 Å². The Kier molecular flexibility index (Phi) is 7.02. The first-order valence-electron chi connectivity index (χ1n) is 9.34.